The number of hydrogen-bond acceptors (Lipinski definition) is 5. The van der Waals surface area contributed by atoms with Crippen LogP contribution in [0.5, 0.6) is 0 Å². The molecule has 6 nitrogen and oxygen atoms in total. The van der Waals surface area contributed by atoms with Crippen molar-refractivity contribution in [3.63, 3.8) is 0 Å². The van der Waals surface area contributed by atoms with Crippen molar-refractivity contribution in [2.45, 2.75) is 25.5 Å². The molecule has 1 unspecified atom stereocenters. The number of rotatable bonds is 9. The highest BCUT2D eigenvalue weighted by atomic mass is 32.1. The minimum absolute atomic E-state index is 0.331. The summed E-state index contributed by atoms with van der Waals surface area (Å²) >= 11 is 1.60. The number of guanidine groups is 1. The summed E-state index contributed by atoms with van der Waals surface area (Å²) in [6.07, 6.45) is 0.503. The van der Waals surface area contributed by atoms with Crippen LogP contribution in [0.25, 0.3) is 0 Å². The SMILES string of the molecule is CCNC(=NCc1csc(N(C)C)n1)NCC(O)(Cc1ccccc1)c1ccccc1. The van der Waals surface area contributed by atoms with E-state index >= 15 is 0 Å². The van der Waals surface area contributed by atoms with Crippen LogP contribution in [0.1, 0.15) is 23.7 Å². The van der Waals surface area contributed by atoms with Gasteiger partial charge in [-0.1, -0.05) is 60.7 Å². The number of thiazole rings is 1. The topological polar surface area (TPSA) is 72.8 Å². The molecule has 0 fully saturated rings. The van der Waals surface area contributed by atoms with E-state index in [0.29, 0.717) is 25.5 Å². The first kappa shape index (κ1) is 22.8. The fourth-order valence-corrected chi connectivity index (χ4v) is 4.00. The zero-order chi connectivity index (χ0) is 22.1. The summed E-state index contributed by atoms with van der Waals surface area (Å²) in [5.41, 5.74) is 1.81. The molecule has 0 radical (unpaired) electrons. The Morgan fingerprint density at radius 1 is 1.06 bits per heavy atom. The standard InChI is InChI=1S/C24H31N5OS/c1-4-25-22(26-16-21-17-31-23(28-21)29(2)3)27-18-24(30,20-13-9-6-10-14-20)15-19-11-7-5-8-12-19/h5-14,17,30H,4,15-16,18H2,1-3H3,(H2,25,26,27). The molecule has 0 aliphatic carbocycles. The van der Waals surface area contributed by atoms with Crippen molar-refractivity contribution >= 4 is 22.4 Å². The third-order valence-electron chi connectivity index (χ3n) is 4.86. The van der Waals surface area contributed by atoms with Crippen molar-refractivity contribution < 1.29 is 5.11 Å². The molecule has 0 amide bonds. The lowest BCUT2D eigenvalue weighted by Crippen LogP contribution is -2.46. The summed E-state index contributed by atoms with van der Waals surface area (Å²) in [5.74, 6) is 0.657. The predicted molar refractivity (Wildman–Crippen MR) is 130 cm³/mol. The van der Waals surface area contributed by atoms with Crippen LogP contribution < -0.4 is 15.5 Å². The van der Waals surface area contributed by atoms with E-state index in [1.807, 2.05) is 92.0 Å². The molecule has 0 spiro atoms. The zero-order valence-corrected chi connectivity index (χ0v) is 19.2. The first-order chi connectivity index (χ1) is 15.0. The van der Waals surface area contributed by atoms with Gasteiger partial charge < -0.3 is 20.6 Å². The minimum Gasteiger partial charge on any atom is -0.383 e. The number of nitrogens with one attached hydrogen (secondary N) is 2. The van der Waals surface area contributed by atoms with Gasteiger partial charge in [-0.05, 0) is 18.1 Å². The van der Waals surface area contributed by atoms with E-state index in [2.05, 4.69) is 20.6 Å². The Bertz CT molecular complexity index is 958. The quantitative estimate of drug-likeness (QED) is 0.354. The van der Waals surface area contributed by atoms with Crippen LogP contribution in [-0.2, 0) is 18.6 Å². The summed E-state index contributed by atoms with van der Waals surface area (Å²) in [6, 6.07) is 19.9. The molecular formula is C24H31N5OS. The van der Waals surface area contributed by atoms with E-state index in [9.17, 15) is 5.11 Å². The highest BCUT2D eigenvalue weighted by Crippen LogP contribution is 2.25. The number of aliphatic hydroxyl groups is 1. The molecule has 1 heterocycles. The number of aromatic nitrogens is 1. The largest absolute Gasteiger partial charge is 0.383 e. The lowest BCUT2D eigenvalue weighted by molar-refractivity contribution is 0.0414. The van der Waals surface area contributed by atoms with E-state index in [1.54, 1.807) is 11.3 Å². The van der Waals surface area contributed by atoms with Crippen molar-refractivity contribution in [3.05, 3.63) is 82.9 Å². The normalized spacial score (nSPS) is 13.5. The molecule has 0 aliphatic heterocycles. The Morgan fingerprint density at radius 2 is 1.74 bits per heavy atom. The summed E-state index contributed by atoms with van der Waals surface area (Å²) in [4.78, 5) is 11.2. The van der Waals surface area contributed by atoms with Crippen LogP contribution in [0.2, 0.25) is 0 Å². The average molecular weight is 438 g/mol. The van der Waals surface area contributed by atoms with Gasteiger partial charge >= 0.3 is 0 Å². The van der Waals surface area contributed by atoms with Gasteiger partial charge in [-0.2, -0.15) is 0 Å². The lowest BCUT2D eigenvalue weighted by atomic mass is 9.87. The maximum atomic E-state index is 11.6. The molecule has 1 aromatic heterocycles. The van der Waals surface area contributed by atoms with E-state index < -0.39 is 5.60 Å². The number of aliphatic imine (C=N–C) groups is 1. The average Bonchev–Trinajstić information content (AvgIpc) is 3.26. The van der Waals surface area contributed by atoms with Crippen LogP contribution in [-0.4, -0.2) is 43.2 Å². The number of anilines is 1. The van der Waals surface area contributed by atoms with Crippen LogP contribution in [0, 0.1) is 0 Å². The van der Waals surface area contributed by atoms with Gasteiger partial charge in [0.1, 0.15) is 5.60 Å². The molecule has 2 aromatic carbocycles. The molecule has 0 saturated carbocycles. The van der Waals surface area contributed by atoms with E-state index in [1.165, 1.54) is 0 Å². The Kier molecular flexibility index (Phi) is 8.03. The van der Waals surface area contributed by atoms with Crippen LogP contribution in [0.15, 0.2) is 71.0 Å². The van der Waals surface area contributed by atoms with Gasteiger partial charge in [-0.15, -0.1) is 11.3 Å². The van der Waals surface area contributed by atoms with Crippen molar-refractivity contribution in [3.8, 4) is 0 Å². The maximum absolute atomic E-state index is 11.6. The Balaban J connectivity index is 1.75. The van der Waals surface area contributed by atoms with Crippen molar-refractivity contribution in [2.24, 2.45) is 4.99 Å². The zero-order valence-electron chi connectivity index (χ0n) is 18.4. The van der Waals surface area contributed by atoms with Gasteiger partial charge in [0.2, 0.25) is 0 Å². The number of hydrogen-bond donors (Lipinski definition) is 3. The first-order valence-corrected chi connectivity index (χ1v) is 11.3. The van der Waals surface area contributed by atoms with Gasteiger partial charge in [0.15, 0.2) is 11.1 Å². The van der Waals surface area contributed by atoms with E-state index in [4.69, 9.17) is 0 Å². The summed E-state index contributed by atoms with van der Waals surface area (Å²) in [6.45, 7) is 3.56. The number of nitrogens with zero attached hydrogens (tertiary/aromatic N) is 3. The summed E-state index contributed by atoms with van der Waals surface area (Å²) in [7, 11) is 3.96. The van der Waals surface area contributed by atoms with E-state index in [0.717, 1.165) is 28.5 Å². The van der Waals surface area contributed by atoms with Crippen molar-refractivity contribution in [1.82, 2.24) is 15.6 Å². The van der Waals surface area contributed by atoms with Gasteiger partial charge in [0.05, 0.1) is 18.8 Å². The summed E-state index contributed by atoms with van der Waals surface area (Å²) < 4.78 is 0. The molecule has 3 aromatic rings. The highest BCUT2D eigenvalue weighted by Gasteiger charge is 2.30. The molecule has 1 atom stereocenters. The molecule has 31 heavy (non-hydrogen) atoms. The smallest absolute Gasteiger partial charge is 0.191 e. The monoisotopic (exact) mass is 437 g/mol. The second-order valence-electron chi connectivity index (χ2n) is 7.62. The predicted octanol–water partition coefficient (Wildman–Crippen LogP) is 3.39. The molecule has 0 bridgehead atoms. The minimum atomic E-state index is -1.07. The molecular weight excluding hydrogens is 406 g/mol. The third kappa shape index (κ3) is 6.54. The Hall–Kier alpha value is -2.90. The highest BCUT2D eigenvalue weighted by molar-refractivity contribution is 7.13. The van der Waals surface area contributed by atoms with Crippen LogP contribution >= 0.6 is 11.3 Å². The Morgan fingerprint density at radius 3 is 2.35 bits per heavy atom. The fourth-order valence-electron chi connectivity index (χ4n) is 3.25. The van der Waals surface area contributed by atoms with Crippen LogP contribution in [0.3, 0.4) is 0 Å². The van der Waals surface area contributed by atoms with E-state index in [-0.39, 0.29) is 0 Å². The molecule has 3 rings (SSSR count). The number of benzene rings is 2. The van der Waals surface area contributed by atoms with Crippen molar-refractivity contribution in [1.29, 1.82) is 0 Å². The second-order valence-corrected chi connectivity index (χ2v) is 8.46. The van der Waals surface area contributed by atoms with Gasteiger partial charge in [0, 0.05) is 32.4 Å². The molecule has 0 aliphatic rings. The van der Waals surface area contributed by atoms with Gasteiger partial charge in [0.25, 0.3) is 0 Å². The fraction of sp³-hybridized carbons (Fsp3) is 0.333. The maximum Gasteiger partial charge on any atom is 0.191 e. The van der Waals surface area contributed by atoms with Crippen LogP contribution in [0.4, 0.5) is 5.13 Å². The van der Waals surface area contributed by atoms with Gasteiger partial charge in [-0.25, -0.2) is 9.98 Å². The molecule has 3 N–H and O–H groups in total. The molecule has 0 saturated heterocycles. The van der Waals surface area contributed by atoms with Gasteiger partial charge in [-0.3, -0.25) is 0 Å². The Labute approximate surface area is 188 Å². The second kappa shape index (κ2) is 10.9. The lowest BCUT2D eigenvalue weighted by Gasteiger charge is -2.30. The molecule has 7 heteroatoms. The van der Waals surface area contributed by atoms with Crippen molar-refractivity contribution in [2.75, 3.05) is 32.1 Å². The summed E-state index contributed by atoms with van der Waals surface area (Å²) in [5, 5.41) is 21.2. The first-order valence-electron chi connectivity index (χ1n) is 10.5. The molecule has 164 valence electrons. The third-order valence-corrected chi connectivity index (χ3v) is 5.92.